The maximum Gasteiger partial charge on any atom is 0.307 e. The number of rotatable bonds is 1. The van der Waals surface area contributed by atoms with Gasteiger partial charge in [-0.1, -0.05) is 19.3 Å². The predicted molar refractivity (Wildman–Crippen MR) is 62.4 cm³/mol. The molecule has 0 aromatic heterocycles. The molecule has 94 valence electrons. The molecule has 3 aliphatic rings. The second-order valence-electron chi connectivity index (χ2n) is 6.02. The van der Waals surface area contributed by atoms with Crippen molar-refractivity contribution < 1.29 is 14.7 Å². The maximum absolute atomic E-state index is 12.4. The van der Waals surface area contributed by atoms with Gasteiger partial charge in [0.15, 0.2) is 0 Å². The lowest BCUT2D eigenvalue weighted by molar-refractivity contribution is -0.148. The molecule has 3 heteroatoms. The average molecular weight is 236 g/mol. The highest BCUT2D eigenvalue weighted by Gasteiger charge is 2.55. The van der Waals surface area contributed by atoms with Gasteiger partial charge in [0, 0.05) is 11.8 Å². The summed E-state index contributed by atoms with van der Waals surface area (Å²) in [5, 5.41) is 9.28. The van der Waals surface area contributed by atoms with Crippen LogP contribution in [0.3, 0.4) is 0 Å². The molecule has 0 amide bonds. The zero-order valence-corrected chi connectivity index (χ0v) is 10.1. The van der Waals surface area contributed by atoms with Crippen LogP contribution in [0, 0.1) is 29.6 Å². The third-order valence-electron chi connectivity index (χ3n) is 5.33. The summed E-state index contributed by atoms with van der Waals surface area (Å²) in [5.41, 5.74) is 0. The van der Waals surface area contributed by atoms with Crippen molar-refractivity contribution in [3.05, 3.63) is 0 Å². The van der Waals surface area contributed by atoms with Gasteiger partial charge in [-0.05, 0) is 37.5 Å². The highest BCUT2D eigenvalue weighted by atomic mass is 16.4. The fraction of sp³-hybridized carbons (Fsp3) is 0.857. The minimum absolute atomic E-state index is 0.144. The van der Waals surface area contributed by atoms with Gasteiger partial charge < -0.3 is 5.11 Å². The number of carboxylic acids is 1. The van der Waals surface area contributed by atoms with E-state index < -0.39 is 5.97 Å². The first-order chi connectivity index (χ1) is 8.20. The molecule has 0 heterocycles. The number of aliphatic carboxylic acids is 1. The summed E-state index contributed by atoms with van der Waals surface area (Å²) in [6.45, 7) is 0. The smallest absolute Gasteiger partial charge is 0.307 e. The van der Waals surface area contributed by atoms with E-state index >= 15 is 0 Å². The van der Waals surface area contributed by atoms with Gasteiger partial charge in [0.25, 0.3) is 0 Å². The maximum atomic E-state index is 12.4. The highest BCUT2D eigenvalue weighted by Crippen LogP contribution is 2.53. The number of hydrogen-bond donors (Lipinski definition) is 1. The summed E-state index contributed by atoms with van der Waals surface area (Å²) in [6.07, 6.45) is 7.35. The van der Waals surface area contributed by atoms with Crippen molar-refractivity contribution in [3.63, 3.8) is 0 Å². The molecule has 3 rings (SSSR count). The first kappa shape index (κ1) is 11.2. The average Bonchev–Trinajstić information content (AvgIpc) is 2.64. The minimum atomic E-state index is -0.744. The van der Waals surface area contributed by atoms with E-state index in [1.807, 2.05) is 0 Å². The van der Waals surface area contributed by atoms with Gasteiger partial charge in [-0.15, -0.1) is 0 Å². The van der Waals surface area contributed by atoms with Gasteiger partial charge >= 0.3 is 5.97 Å². The van der Waals surface area contributed by atoms with Crippen LogP contribution in [-0.4, -0.2) is 16.9 Å². The Kier molecular flexibility index (Phi) is 2.72. The molecule has 3 nitrogen and oxygen atoms in total. The number of hydrogen-bond acceptors (Lipinski definition) is 2. The summed E-state index contributed by atoms with van der Waals surface area (Å²) in [4.78, 5) is 23.7. The molecule has 3 saturated carbocycles. The van der Waals surface area contributed by atoms with Gasteiger partial charge in [0.1, 0.15) is 5.78 Å². The van der Waals surface area contributed by atoms with E-state index in [2.05, 4.69) is 0 Å². The molecular weight excluding hydrogens is 216 g/mol. The second-order valence-corrected chi connectivity index (χ2v) is 6.02. The van der Waals surface area contributed by atoms with Crippen LogP contribution >= 0.6 is 0 Å². The van der Waals surface area contributed by atoms with Gasteiger partial charge in [-0.25, -0.2) is 0 Å². The lowest BCUT2D eigenvalue weighted by Gasteiger charge is -2.33. The Balaban J connectivity index is 1.90. The molecule has 0 bridgehead atoms. The molecule has 3 fully saturated rings. The van der Waals surface area contributed by atoms with Gasteiger partial charge in [0.05, 0.1) is 5.92 Å². The summed E-state index contributed by atoms with van der Waals surface area (Å²) in [6, 6.07) is 0. The number of carbonyl (C=O) groups is 2. The van der Waals surface area contributed by atoms with E-state index in [-0.39, 0.29) is 17.8 Å². The van der Waals surface area contributed by atoms with Crippen LogP contribution in [0.4, 0.5) is 0 Å². The Morgan fingerprint density at radius 3 is 2.47 bits per heavy atom. The molecule has 3 aliphatic carbocycles. The van der Waals surface area contributed by atoms with Crippen molar-refractivity contribution in [2.75, 3.05) is 0 Å². The van der Waals surface area contributed by atoms with Crippen molar-refractivity contribution in [1.82, 2.24) is 0 Å². The van der Waals surface area contributed by atoms with Gasteiger partial charge in [-0.2, -0.15) is 0 Å². The lowest BCUT2D eigenvalue weighted by atomic mass is 9.70. The topological polar surface area (TPSA) is 54.4 Å². The van der Waals surface area contributed by atoms with Crippen LogP contribution in [0.5, 0.6) is 0 Å². The van der Waals surface area contributed by atoms with Crippen LogP contribution in [-0.2, 0) is 9.59 Å². The number of carboxylic acid groups (broad SMARTS) is 1. The summed E-state index contributed by atoms with van der Waals surface area (Å²) < 4.78 is 0. The zero-order chi connectivity index (χ0) is 12.0. The molecule has 0 aromatic rings. The molecule has 17 heavy (non-hydrogen) atoms. The molecule has 1 N–H and O–H groups in total. The Hall–Kier alpha value is -0.860. The summed E-state index contributed by atoms with van der Waals surface area (Å²) >= 11 is 0. The quantitative estimate of drug-likeness (QED) is 0.761. The second kappa shape index (κ2) is 4.11. The first-order valence-corrected chi connectivity index (χ1v) is 6.96. The molecule has 5 unspecified atom stereocenters. The Bertz CT molecular complexity index is 349. The number of Topliss-reactive ketones (excluding diaryl/α,β-unsaturated/α-hetero) is 1. The standard InChI is InChI=1S/C14H20O3/c15-13-10-5-2-1-4-8(10)9-6-3-7-11(12(9)13)14(16)17/h8-12H,1-7H2,(H,16,17). The van der Waals surface area contributed by atoms with Crippen molar-refractivity contribution in [3.8, 4) is 0 Å². The van der Waals surface area contributed by atoms with Gasteiger partial charge in [-0.3, -0.25) is 9.59 Å². The van der Waals surface area contributed by atoms with Crippen molar-refractivity contribution in [2.24, 2.45) is 29.6 Å². The lowest BCUT2D eigenvalue weighted by Crippen LogP contribution is -2.35. The van der Waals surface area contributed by atoms with E-state index in [0.717, 1.165) is 32.1 Å². The molecule has 0 aromatic carbocycles. The zero-order valence-electron chi connectivity index (χ0n) is 10.1. The van der Waals surface area contributed by atoms with Crippen LogP contribution in [0.2, 0.25) is 0 Å². The van der Waals surface area contributed by atoms with Crippen LogP contribution < -0.4 is 0 Å². The normalized spacial score (nSPS) is 45.2. The first-order valence-electron chi connectivity index (χ1n) is 6.96. The van der Waals surface area contributed by atoms with Crippen molar-refractivity contribution >= 4 is 11.8 Å². The van der Waals surface area contributed by atoms with Crippen LogP contribution in [0.1, 0.15) is 44.9 Å². The van der Waals surface area contributed by atoms with E-state index in [1.165, 1.54) is 6.42 Å². The molecule has 0 saturated heterocycles. The molecular formula is C14H20O3. The summed E-state index contributed by atoms with van der Waals surface area (Å²) in [5.74, 6) is 0.143. The van der Waals surface area contributed by atoms with Crippen molar-refractivity contribution in [2.45, 2.75) is 44.9 Å². The fourth-order valence-electron chi connectivity index (χ4n) is 4.67. The monoisotopic (exact) mass is 236 g/mol. The SMILES string of the molecule is O=C(O)C1CCCC2C3CCCCC3C(=O)C12. The van der Waals surface area contributed by atoms with E-state index in [4.69, 9.17) is 0 Å². The Morgan fingerprint density at radius 1 is 1.00 bits per heavy atom. The molecule has 0 aliphatic heterocycles. The summed E-state index contributed by atoms with van der Waals surface area (Å²) in [7, 11) is 0. The van der Waals surface area contributed by atoms with Gasteiger partial charge in [0.2, 0.25) is 0 Å². The fourth-order valence-corrected chi connectivity index (χ4v) is 4.67. The van der Waals surface area contributed by atoms with E-state index in [1.54, 1.807) is 0 Å². The highest BCUT2D eigenvalue weighted by molar-refractivity contribution is 5.90. The molecule has 5 atom stereocenters. The largest absolute Gasteiger partial charge is 0.481 e. The van der Waals surface area contributed by atoms with Crippen LogP contribution in [0.15, 0.2) is 0 Å². The number of ketones is 1. The van der Waals surface area contributed by atoms with Crippen LogP contribution in [0.25, 0.3) is 0 Å². The Morgan fingerprint density at radius 2 is 1.71 bits per heavy atom. The molecule has 0 radical (unpaired) electrons. The predicted octanol–water partition coefficient (Wildman–Crippen LogP) is 2.49. The number of carbonyl (C=O) groups excluding carboxylic acids is 1. The third-order valence-corrected chi connectivity index (χ3v) is 5.33. The third kappa shape index (κ3) is 1.62. The minimum Gasteiger partial charge on any atom is -0.481 e. The Labute approximate surface area is 102 Å². The van der Waals surface area contributed by atoms with Crippen molar-refractivity contribution in [1.29, 1.82) is 0 Å². The van der Waals surface area contributed by atoms with E-state index in [9.17, 15) is 14.7 Å². The van der Waals surface area contributed by atoms with E-state index in [0.29, 0.717) is 24.0 Å². The number of fused-ring (bicyclic) bond motifs is 3. The molecule has 0 spiro atoms.